The summed E-state index contributed by atoms with van der Waals surface area (Å²) < 4.78 is 14.7. The molecule has 98 valence electrons. The first kappa shape index (κ1) is 12.2. The lowest BCUT2D eigenvalue weighted by Crippen LogP contribution is -1.96. The standard InChI is InChI=1S/C13H13FN4S/c1-2-3-4-11-15-16-13-18(11)17-12(19-13)9-5-7-10(14)8-6-9/h5-8H,2-4H2,1H3. The largest absolute Gasteiger partial charge is 0.234 e. The van der Waals surface area contributed by atoms with Crippen molar-refractivity contribution in [3.63, 3.8) is 0 Å². The molecule has 6 heteroatoms. The quantitative estimate of drug-likeness (QED) is 0.734. The summed E-state index contributed by atoms with van der Waals surface area (Å²) in [5, 5.41) is 13.6. The van der Waals surface area contributed by atoms with E-state index in [-0.39, 0.29) is 5.82 Å². The molecule has 0 saturated carbocycles. The molecule has 4 nitrogen and oxygen atoms in total. The number of fused-ring (bicyclic) bond motifs is 1. The van der Waals surface area contributed by atoms with E-state index in [1.807, 2.05) is 0 Å². The Balaban J connectivity index is 1.97. The molecule has 3 aromatic rings. The van der Waals surface area contributed by atoms with Crippen LogP contribution in [0.5, 0.6) is 0 Å². The number of aromatic nitrogens is 4. The van der Waals surface area contributed by atoms with E-state index in [4.69, 9.17) is 0 Å². The Morgan fingerprint density at radius 1 is 1.21 bits per heavy atom. The van der Waals surface area contributed by atoms with Crippen molar-refractivity contribution in [3.05, 3.63) is 35.9 Å². The Bertz CT molecular complexity index is 686. The highest BCUT2D eigenvalue weighted by Crippen LogP contribution is 2.25. The Kier molecular flexibility index (Phi) is 3.25. The van der Waals surface area contributed by atoms with Gasteiger partial charge in [-0.15, -0.1) is 10.2 Å². The van der Waals surface area contributed by atoms with Crippen LogP contribution < -0.4 is 0 Å². The first-order valence-electron chi connectivity index (χ1n) is 6.25. The van der Waals surface area contributed by atoms with Crippen LogP contribution in [-0.4, -0.2) is 19.8 Å². The zero-order valence-electron chi connectivity index (χ0n) is 10.5. The van der Waals surface area contributed by atoms with Crippen LogP contribution in [0.2, 0.25) is 0 Å². The molecular formula is C13H13FN4S. The maximum atomic E-state index is 12.9. The number of nitrogens with zero attached hydrogens (tertiary/aromatic N) is 4. The molecule has 19 heavy (non-hydrogen) atoms. The van der Waals surface area contributed by atoms with Crippen LogP contribution in [0, 0.1) is 5.82 Å². The smallest absolute Gasteiger partial charge is 0.207 e. The fourth-order valence-corrected chi connectivity index (χ4v) is 2.72. The van der Waals surface area contributed by atoms with Gasteiger partial charge in [-0.05, 0) is 30.7 Å². The van der Waals surface area contributed by atoms with Gasteiger partial charge in [0.25, 0.3) is 0 Å². The highest BCUT2D eigenvalue weighted by Gasteiger charge is 2.12. The number of rotatable bonds is 4. The predicted octanol–water partition coefficient (Wildman–Crippen LogP) is 3.33. The van der Waals surface area contributed by atoms with Gasteiger partial charge in [0.15, 0.2) is 5.82 Å². The number of benzene rings is 1. The van der Waals surface area contributed by atoms with Crippen LogP contribution in [0.4, 0.5) is 4.39 Å². The van der Waals surface area contributed by atoms with E-state index in [9.17, 15) is 4.39 Å². The SMILES string of the molecule is CCCCc1nnc2sc(-c3ccc(F)cc3)nn12. The van der Waals surface area contributed by atoms with E-state index in [0.717, 1.165) is 40.6 Å². The third-order valence-electron chi connectivity index (χ3n) is 2.90. The van der Waals surface area contributed by atoms with Crippen LogP contribution in [0.25, 0.3) is 15.5 Å². The van der Waals surface area contributed by atoms with Crippen molar-refractivity contribution in [1.82, 2.24) is 19.8 Å². The number of hydrogen-bond acceptors (Lipinski definition) is 4. The minimum Gasteiger partial charge on any atom is -0.207 e. The summed E-state index contributed by atoms with van der Waals surface area (Å²) in [5.74, 6) is 0.650. The van der Waals surface area contributed by atoms with E-state index >= 15 is 0 Å². The first-order chi connectivity index (χ1) is 9.28. The van der Waals surface area contributed by atoms with Gasteiger partial charge in [0.2, 0.25) is 4.96 Å². The van der Waals surface area contributed by atoms with Gasteiger partial charge in [0.1, 0.15) is 10.8 Å². The number of aryl methyl sites for hydroxylation is 1. The second kappa shape index (κ2) is 5.05. The van der Waals surface area contributed by atoms with Crippen LogP contribution in [0.3, 0.4) is 0 Å². The lowest BCUT2D eigenvalue weighted by Gasteiger charge is -1.95. The molecular weight excluding hydrogens is 263 g/mol. The van der Waals surface area contributed by atoms with Gasteiger partial charge >= 0.3 is 0 Å². The molecule has 3 rings (SSSR count). The minimum absolute atomic E-state index is 0.240. The Labute approximate surface area is 113 Å². The minimum atomic E-state index is -0.240. The third-order valence-corrected chi connectivity index (χ3v) is 3.85. The highest BCUT2D eigenvalue weighted by molar-refractivity contribution is 7.19. The summed E-state index contributed by atoms with van der Waals surface area (Å²) in [6, 6.07) is 6.34. The van der Waals surface area contributed by atoms with Crippen molar-refractivity contribution in [1.29, 1.82) is 0 Å². The lowest BCUT2D eigenvalue weighted by atomic mass is 10.2. The molecule has 0 N–H and O–H groups in total. The summed E-state index contributed by atoms with van der Waals surface area (Å²) >= 11 is 1.47. The molecule has 0 radical (unpaired) electrons. The molecule has 0 amide bonds. The van der Waals surface area contributed by atoms with Gasteiger partial charge in [-0.25, -0.2) is 4.39 Å². The van der Waals surface area contributed by atoms with Gasteiger partial charge in [0, 0.05) is 12.0 Å². The molecule has 0 atom stereocenters. The predicted molar refractivity (Wildman–Crippen MR) is 72.7 cm³/mol. The van der Waals surface area contributed by atoms with Crippen molar-refractivity contribution in [3.8, 4) is 10.6 Å². The third kappa shape index (κ3) is 2.35. The fraction of sp³-hybridized carbons (Fsp3) is 0.308. The van der Waals surface area contributed by atoms with E-state index in [1.165, 1.54) is 23.5 Å². The van der Waals surface area contributed by atoms with E-state index in [0.29, 0.717) is 0 Å². The molecule has 0 aliphatic carbocycles. The van der Waals surface area contributed by atoms with Gasteiger partial charge in [-0.3, -0.25) is 0 Å². The number of halogens is 1. The summed E-state index contributed by atoms with van der Waals surface area (Å²) in [6.45, 7) is 2.14. The average molecular weight is 276 g/mol. The van der Waals surface area contributed by atoms with Gasteiger partial charge in [0.05, 0.1) is 0 Å². The Morgan fingerprint density at radius 2 is 2.00 bits per heavy atom. The maximum absolute atomic E-state index is 12.9. The van der Waals surface area contributed by atoms with Crippen LogP contribution in [-0.2, 0) is 6.42 Å². The van der Waals surface area contributed by atoms with Crippen molar-refractivity contribution >= 4 is 16.3 Å². The molecule has 0 unspecified atom stereocenters. The summed E-state index contributed by atoms with van der Waals surface area (Å²) in [5.41, 5.74) is 0.901. The second-order valence-corrected chi connectivity index (χ2v) is 5.28. The van der Waals surface area contributed by atoms with Crippen molar-refractivity contribution in [2.45, 2.75) is 26.2 Å². The van der Waals surface area contributed by atoms with E-state index in [2.05, 4.69) is 22.2 Å². The summed E-state index contributed by atoms with van der Waals surface area (Å²) in [4.78, 5) is 0.783. The molecule has 0 saturated heterocycles. The number of hydrogen-bond donors (Lipinski definition) is 0. The molecule has 2 aromatic heterocycles. The van der Waals surface area contributed by atoms with Crippen molar-refractivity contribution < 1.29 is 4.39 Å². The molecule has 0 spiro atoms. The topological polar surface area (TPSA) is 43.1 Å². The summed E-state index contributed by atoms with van der Waals surface area (Å²) in [6.07, 6.45) is 3.07. The van der Waals surface area contributed by atoms with Gasteiger partial charge < -0.3 is 0 Å². The van der Waals surface area contributed by atoms with Crippen LogP contribution >= 0.6 is 11.3 Å². The zero-order valence-corrected chi connectivity index (χ0v) is 11.3. The van der Waals surface area contributed by atoms with Gasteiger partial charge in [-0.1, -0.05) is 24.7 Å². The average Bonchev–Trinajstić information content (AvgIpc) is 2.98. The number of unbranched alkanes of at least 4 members (excludes halogenated alkanes) is 1. The monoisotopic (exact) mass is 276 g/mol. The highest BCUT2D eigenvalue weighted by atomic mass is 32.1. The van der Waals surface area contributed by atoms with E-state index in [1.54, 1.807) is 16.6 Å². The van der Waals surface area contributed by atoms with E-state index < -0.39 is 0 Å². The Hall–Kier alpha value is -1.82. The zero-order chi connectivity index (χ0) is 13.2. The van der Waals surface area contributed by atoms with Crippen molar-refractivity contribution in [2.75, 3.05) is 0 Å². The maximum Gasteiger partial charge on any atom is 0.234 e. The molecule has 0 fully saturated rings. The molecule has 0 aliphatic heterocycles. The summed E-state index contributed by atoms with van der Waals surface area (Å²) in [7, 11) is 0. The van der Waals surface area contributed by atoms with Crippen LogP contribution in [0.1, 0.15) is 25.6 Å². The molecule has 0 aliphatic rings. The molecule has 2 heterocycles. The van der Waals surface area contributed by atoms with Crippen LogP contribution in [0.15, 0.2) is 24.3 Å². The first-order valence-corrected chi connectivity index (χ1v) is 7.06. The lowest BCUT2D eigenvalue weighted by molar-refractivity contribution is 0.628. The molecule has 0 bridgehead atoms. The van der Waals surface area contributed by atoms with Gasteiger partial charge in [-0.2, -0.15) is 9.61 Å². The Morgan fingerprint density at radius 3 is 2.74 bits per heavy atom. The van der Waals surface area contributed by atoms with Crippen molar-refractivity contribution in [2.24, 2.45) is 0 Å². The molecule has 1 aromatic carbocycles. The fourth-order valence-electron chi connectivity index (χ4n) is 1.86. The second-order valence-electron chi connectivity index (χ2n) is 4.33. The normalized spacial score (nSPS) is 11.3.